The van der Waals surface area contributed by atoms with Crippen LogP contribution in [0.3, 0.4) is 0 Å². The molecule has 1 aromatic rings. The molecule has 2 N–H and O–H groups in total. The van der Waals surface area contributed by atoms with Crippen LogP contribution < -0.4 is 10.6 Å². The van der Waals surface area contributed by atoms with Crippen LogP contribution in [-0.2, 0) is 5.41 Å². The van der Waals surface area contributed by atoms with Gasteiger partial charge in [0.15, 0.2) is 0 Å². The molecule has 0 spiro atoms. The van der Waals surface area contributed by atoms with Gasteiger partial charge in [0.25, 0.3) is 0 Å². The lowest BCUT2D eigenvalue weighted by Gasteiger charge is -2.31. The molecule has 1 aliphatic heterocycles. The minimum Gasteiger partial charge on any atom is -0.356 e. The Hall–Kier alpha value is -1.16. The summed E-state index contributed by atoms with van der Waals surface area (Å²) in [5.74, 6) is 1.95. The summed E-state index contributed by atoms with van der Waals surface area (Å²) in [6, 6.07) is 2.35. The molecule has 2 heterocycles. The predicted octanol–water partition coefficient (Wildman–Crippen LogP) is 1.70. The van der Waals surface area contributed by atoms with E-state index in [9.17, 15) is 0 Å². The Kier molecular flexibility index (Phi) is 3.33. The topological polar surface area (TPSA) is 55.0 Å². The van der Waals surface area contributed by atoms with Crippen LogP contribution in [0.4, 0.5) is 5.82 Å². The predicted molar refractivity (Wildman–Crippen MR) is 70.2 cm³/mol. The van der Waals surface area contributed by atoms with Crippen LogP contribution in [0.5, 0.6) is 0 Å². The number of rotatable bonds is 1. The van der Waals surface area contributed by atoms with E-state index >= 15 is 0 Å². The molecule has 0 atom stereocenters. The monoisotopic (exact) mass is 234 g/mol. The SMILES string of the molecule is CC(C)(C)c1nccc(N2CCC(N)CC2)n1. The van der Waals surface area contributed by atoms with Crippen LogP contribution in [0.2, 0.25) is 0 Å². The molecule has 0 unspecified atom stereocenters. The highest BCUT2D eigenvalue weighted by Gasteiger charge is 2.21. The highest BCUT2D eigenvalue weighted by Crippen LogP contribution is 2.22. The minimum atomic E-state index is 0.00218. The van der Waals surface area contributed by atoms with Gasteiger partial charge in [0.2, 0.25) is 0 Å². The number of piperidine rings is 1. The van der Waals surface area contributed by atoms with Crippen molar-refractivity contribution in [1.29, 1.82) is 0 Å². The lowest BCUT2D eigenvalue weighted by atomic mass is 9.96. The maximum absolute atomic E-state index is 5.91. The summed E-state index contributed by atoms with van der Waals surface area (Å²) in [5.41, 5.74) is 5.92. The zero-order valence-electron chi connectivity index (χ0n) is 11.0. The van der Waals surface area contributed by atoms with Gasteiger partial charge < -0.3 is 10.6 Å². The molecule has 1 aromatic heterocycles. The van der Waals surface area contributed by atoms with E-state index in [1.807, 2.05) is 12.3 Å². The molecule has 0 aliphatic carbocycles. The minimum absolute atomic E-state index is 0.00218. The molecule has 0 bridgehead atoms. The van der Waals surface area contributed by atoms with Crippen LogP contribution in [0.25, 0.3) is 0 Å². The van der Waals surface area contributed by atoms with Crippen LogP contribution >= 0.6 is 0 Å². The summed E-state index contributed by atoms with van der Waals surface area (Å²) in [6.07, 6.45) is 3.96. The van der Waals surface area contributed by atoms with Gasteiger partial charge in [-0.3, -0.25) is 0 Å². The third-order valence-electron chi connectivity index (χ3n) is 3.18. The molecule has 1 aliphatic rings. The Bertz CT molecular complexity index is 375. The third kappa shape index (κ3) is 2.94. The molecule has 0 saturated carbocycles. The fourth-order valence-electron chi connectivity index (χ4n) is 2.02. The van der Waals surface area contributed by atoms with Crippen LogP contribution in [-0.4, -0.2) is 29.1 Å². The Balaban J connectivity index is 2.16. The average Bonchev–Trinajstić information content (AvgIpc) is 2.29. The number of hydrogen-bond donors (Lipinski definition) is 1. The lowest BCUT2D eigenvalue weighted by Crippen LogP contribution is -2.40. The van der Waals surface area contributed by atoms with Gasteiger partial charge in [-0.15, -0.1) is 0 Å². The van der Waals surface area contributed by atoms with Crippen molar-refractivity contribution in [2.75, 3.05) is 18.0 Å². The van der Waals surface area contributed by atoms with E-state index in [0.717, 1.165) is 37.6 Å². The summed E-state index contributed by atoms with van der Waals surface area (Å²) >= 11 is 0. The second kappa shape index (κ2) is 4.61. The van der Waals surface area contributed by atoms with Crippen LogP contribution in [0, 0.1) is 0 Å². The van der Waals surface area contributed by atoms with Crippen molar-refractivity contribution in [1.82, 2.24) is 9.97 Å². The number of nitrogens with zero attached hydrogens (tertiary/aromatic N) is 3. The fraction of sp³-hybridized carbons (Fsp3) is 0.692. The quantitative estimate of drug-likeness (QED) is 0.803. The Morgan fingerprint density at radius 3 is 2.53 bits per heavy atom. The maximum Gasteiger partial charge on any atom is 0.135 e. The van der Waals surface area contributed by atoms with Gasteiger partial charge in [0.05, 0.1) is 0 Å². The molecule has 4 heteroatoms. The molecule has 0 amide bonds. The second-order valence-electron chi connectivity index (χ2n) is 5.81. The van der Waals surface area contributed by atoms with Crippen molar-refractivity contribution < 1.29 is 0 Å². The van der Waals surface area contributed by atoms with E-state index in [1.165, 1.54) is 0 Å². The van der Waals surface area contributed by atoms with E-state index in [2.05, 4.69) is 35.6 Å². The first-order valence-electron chi connectivity index (χ1n) is 6.31. The average molecular weight is 234 g/mol. The molecular weight excluding hydrogens is 212 g/mol. The largest absolute Gasteiger partial charge is 0.356 e. The highest BCUT2D eigenvalue weighted by atomic mass is 15.2. The summed E-state index contributed by atoms with van der Waals surface area (Å²) < 4.78 is 0. The van der Waals surface area contributed by atoms with Gasteiger partial charge in [-0.25, -0.2) is 9.97 Å². The van der Waals surface area contributed by atoms with Gasteiger partial charge in [0, 0.05) is 30.7 Å². The highest BCUT2D eigenvalue weighted by molar-refractivity contribution is 5.38. The van der Waals surface area contributed by atoms with Gasteiger partial charge in [-0.05, 0) is 18.9 Å². The molecular formula is C13H22N4. The normalized spacial score (nSPS) is 18.5. The van der Waals surface area contributed by atoms with E-state index < -0.39 is 0 Å². The lowest BCUT2D eigenvalue weighted by molar-refractivity contribution is 0.494. The van der Waals surface area contributed by atoms with E-state index in [-0.39, 0.29) is 5.41 Å². The summed E-state index contributed by atoms with van der Waals surface area (Å²) in [7, 11) is 0. The number of hydrogen-bond acceptors (Lipinski definition) is 4. The maximum atomic E-state index is 5.91. The number of aromatic nitrogens is 2. The fourth-order valence-corrected chi connectivity index (χ4v) is 2.02. The van der Waals surface area contributed by atoms with Crippen molar-refractivity contribution in [2.24, 2.45) is 5.73 Å². The van der Waals surface area contributed by atoms with Crippen molar-refractivity contribution in [3.63, 3.8) is 0 Å². The van der Waals surface area contributed by atoms with E-state index in [4.69, 9.17) is 5.73 Å². The molecule has 2 rings (SSSR count). The summed E-state index contributed by atoms with van der Waals surface area (Å²) in [5, 5.41) is 0. The second-order valence-corrected chi connectivity index (χ2v) is 5.81. The molecule has 1 fully saturated rings. The third-order valence-corrected chi connectivity index (χ3v) is 3.18. The molecule has 4 nitrogen and oxygen atoms in total. The first kappa shape index (κ1) is 12.3. The Morgan fingerprint density at radius 1 is 1.29 bits per heavy atom. The summed E-state index contributed by atoms with van der Waals surface area (Å²) in [6.45, 7) is 8.41. The van der Waals surface area contributed by atoms with Gasteiger partial charge in [-0.2, -0.15) is 0 Å². The van der Waals surface area contributed by atoms with Crippen LogP contribution in [0.1, 0.15) is 39.4 Å². The zero-order chi connectivity index (χ0) is 12.5. The first-order valence-corrected chi connectivity index (χ1v) is 6.31. The molecule has 0 aromatic carbocycles. The van der Waals surface area contributed by atoms with Crippen molar-refractivity contribution in [3.8, 4) is 0 Å². The van der Waals surface area contributed by atoms with Crippen molar-refractivity contribution in [2.45, 2.75) is 45.1 Å². The van der Waals surface area contributed by atoms with Crippen molar-refractivity contribution >= 4 is 5.82 Å². The Labute approximate surface area is 103 Å². The number of anilines is 1. The smallest absolute Gasteiger partial charge is 0.135 e. The molecule has 94 valence electrons. The first-order chi connectivity index (χ1) is 7.97. The van der Waals surface area contributed by atoms with Gasteiger partial charge in [-0.1, -0.05) is 20.8 Å². The van der Waals surface area contributed by atoms with Gasteiger partial charge >= 0.3 is 0 Å². The Morgan fingerprint density at radius 2 is 1.94 bits per heavy atom. The number of nitrogens with two attached hydrogens (primary N) is 1. The van der Waals surface area contributed by atoms with Gasteiger partial charge in [0.1, 0.15) is 11.6 Å². The van der Waals surface area contributed by atoms with Crippen LogP contribution in [0.15, 0.2) is 12.3 Å². The standard InChI is InChI=1S/C13H22N4/c1-13(2,3)12-15-7-4-11(16-12)17-8-5-10(14)6-9-17/h4,7,10H,5-6,8-9,14H2,1-3H3. The zero-order valence-corrected chi connectivity index (χ0v) is 11.0. The molecule has 1 saturated heterocycles. The molecule has 0 radical (unpaired) electrons. The van der Waals surface area contributed by atoms with Crippen molar-refractivity contribution in [3.05, 3.63) is 18.1 Å². The summed E-state index contributed by atoms with van der Waals surface area (Å²) in [4.78, 5) is 11.3. The van der Waals surface area contributed by atoms with E-state index in [0.29, 0.717) is 6.04 Å². The molecule has 17 heavy (non-hydrogen) atoms. The van der Waals surface area contributed by atoms with E-state index in [1.54, 1.807) is 0 Å².